The van der Waals surface area contributed by atoms with Gasteiger partial charge in [0.25, 0.3) is 0 Å². The third kappa shape index (κ3) is 2.80. The Hall–Kier alpha value is -2.93. The highest BCUT2D eigenvalue weighted by atomic mass is 14.9. The molecule has 0 radical (unpaired) electrons. The Morgan fingerprint density at radius 2 is 1.45 bits per heavy atom. The van der Waals surface area contributed by atoms with E-state index >= 15 is 0 Å². The van der Waals surface area contributed by atoms with Crippen molar-refractivity contribution in [3.63, 3.8) is 0 Å². The molecule has 1 nitrogen and oxygen atoms in total. The zero-order chi connectivity index (χ0) is 20.3. The molecule has 0 N–H and O–H groups in total. The van der Waals surface area contributed by atoms with E-state index in [-0.39, 0.29) is 0 Å². The minimum absolute atomic E-state index is 1.10. The highest BCUT2D eigenvalue weighted by molar-refractivity contribution is 6.02. The number of aryl methyl sites for hydroxylation is 6. The molecule has 3 aromatic carbocycles. The van der Waals surface area contributed by atoms with Crippen LogP contribution >= 0.6 is 0 Å². The lowest BCUT2D eigenvalue weighted by molar-refractivity contribution is -0.660. The highest BCUT2D eigenvalue weighted by Crippen LogP contribution is 2.45. The molecule has 144 valence electrons. The lowest BCUT2D eigenvalue weighted by atomic mass is 9.77. The number of fused-ring (bicyclic) bond motifs is 5. The summed E-state index contributed by atoms with van der Waals surface area (Å²) >= 11 is 0. The van der Waals surface area contributed by atoms with Gasteiger partial charge in [-0.3, -0.25) is 0 Å². The molecule has 4 aromatic rings. The normalized spacial score (nSPS) is 12.7. The fourth-order valence-corrected chi connectivity index (χ4v) is 5.21. The second-order valence-electron chi connectivity index (χ2n) is 8.76. The molecule has 0 fully saturated rings. The molecule has 1 heterocycles. The van der Waals surface area contributed by atoms with Crippen LogP contribution in [0.25, 0.3) is 33.2 Å². The Morgan fingerprint density at radius 3 is 2.28 bits per heavy atom. The summed E-state index contributed by atoms with van der Waals surface area (Å²) in [6.07, 6.45) is 4.40. The van der Waals surface area contributed by atoms with Gasteiger partial charge in [0.15, 0.2) is 6.20 Å². The molecule has 1 aliphatic carbocycles. The second kappa shape index (κ2) is 6.56. The molecule has 0 atom stereocenters. The van der Waals surface area contributed by atoms with E-state index in [9.17, 15) is 0 Å². The quantitative estimate of drug-likeness (QED) is 0.341. The van der Waals surface area contributed by atoms with Gasteiger partial charge in [-0.1, -0.05) is 42.0 Å². The molecule has 0 spiro atoms. The molecule has 1 aliphatic rings. The van der Waals surface area contributed by atoms with Crippen LogP contribution < -0.4 is 4.57 Å². The summed E-state index contributed by atoms with van der Waals surface area (Å²) in [5, 5.41) is 2.74. The van der Waals surface area contributed by atoms with Gasteiger partial charge in [-0.2, -0.15) is 0 Å². The van der Waals surface area contributed by atoms with Crippen LogP contribution in [0, 0.1) is 27.7 Å². The lowest BCUT2D eigenvalue weighted by Crippen LogP contribution is -2.31. The summed E-state index contributed by atoms with van der Waals surface area (Å²) in [6, 6.07) is 18.5. The maximum Gasteiger partial charge on any atom is 0.213 e. The van der Waals surface area contributed by atoms with Gasteiger partial charge in [0.2, 0.25) is 5.69 Å². The van der Waals surface area contributed by atoms with Gasteiger partial charge in [0.1, 0.15) is 7.05 Å². The minimum Gasteiger partial charge on any atom is -0.201 e. The third-order valence-electron chi connectivity index (χ3n) is 6.54. The van der Waals surface area contributed by atoms with Gasteiger partial charge < -0.3 is 0 Å². The standard InChI is InChI=1S/C28H28N/c1-17-6-10-23-22(14-17)8-7-21-9-11-24-26(25-15-18(2)12-13-29(25)5)19(3)16-20(4)27(24)28(21)23/h6-8,10,12-16H,9,11H2,1-5H3/q+1. The second-order valence-corrected chi connectivity index (χ2v) is 8.76. The molecule has 0 aliphatic heterocycles. The average Bonchev–Trinajstić information content (AvgIpc) is 2.69. The zero-order valence-electron chi connectivity index (χ0n) is 18.1. The molecule has 1 heteroatoms. The van der Waals surface area contributed by atoms with E-state index in [1.165, 1.54) is 66.5 Å². The Morgan fingerprint density at radius 1 is 0.690 bits per heavy atom. The largest absolute Gasteiger partial charge is 0.213 e. The summed E-state index contributed by atoms with van der Waals surface area (Å²) in [6.45, 7) is 8.92. The van der Waals surface area contributed by atoms with Crippen LogP contribution in [0.4, 0.5) is 0 Å². The summed E-state index contributed by atoms with van der Waals surface area (Å²) in [7, 11) is 2.16. The van der Waals surface area contributed by atoms with E-state index in [0.717, 1.165) is 12.8 Å². The molecule has 0 bridgehead atoms. The Labute approximate surface area is 173 Å². The van der Waals surface area contributed by atoms with Crippen LogP contribution in [0.1, 0.15) is 33.4 Å². The first-order chi connectivity index (χ1) is 13.9. The molecule has 1 aromatic heterocycles. The molecule has 0 amide bonds. The number of rotatable bonds is 1. The SMILES string of the molecule is Cc1cc[n+](C)c(-c2c(C)cc(C)c3c2CCc2ccc4cc(C)ccc4c2-3)c1. The Balaban J connectivity index is 1.89. The van der Waals surface area contributed by atoms with Gasteiger partial charge in [-0.05, 0) is 90.3 Å². The fraction of sp³-hybridized carbons (Fsp3) is 0.250. The summed E-state index contributed by atoms with van der Waals surface area (Å²) in [4.78, 5) is 0. The van der Waals surface area contributed by atoms with Crippen molar-refractivity contribution in [2.75, 3.05) is 0 Å². The Bertz CT molecular complexity index is 1290. The smallest absolute Gasteiger partial charge is 0.201 e. The van der Waals surface area contributed by atoms with Gasteiger partial charge in [-0.15, -0.1) is 0 Å². The highest BCUT2D eigenvalue weighted by Gasteiger charge is 2.27. The molecular weight excluding hydrogens is 350 g/mol. The summed E-state index contributed by atoms with van der Waals surface area (Å²) < 4.78 is 2.27. The Kier molecular flexibility index (Phi) is 4.10. The van der Waals surface area contributed by atoms with E-state index in [1.807, 2.05) is 0 Å². The van der Waals surface area contributed by atoms with Crippen LogP contribution in [0.15, 0.2) is 54.7 Å². The third-order valence-corrected chi connectivity index (χ3v) is 6.54. The van der Waals surface area contributed by atoms with Crippen molar-refractivity contribution in [1.82, 2.24) is 0 Å². The summed E-state index contributed by atoms with van der Waals surface area (Å²) in [5.74, 6) is 0. The van der Waals surface area contributed by atoms with Crippen LogP contribution in [-0.2, 0) is 19.9 Å². The fourth-order valence-electron chi connectivity index (χ4n) is 5.21. The van der Waals surface area contributed by atoms with Crippen LogP contribution in [-0.4, -0.2) is 0 Å². The van der Waals surface area contributed by atoms with Crippen LogP contribution in [0.3, 0.4) is 0 Å². The molecular formula is C28H28N+. The molecule has 5 rings (SSSR count). The molecule has 0 saturated carbocycles. The van der Waals surface area contributed by atoms with Crippen molar-refractivity contribution in [1.29, 1.82) is 0 Å². The minimum atomic E-state index is 1.10. The van der Waals surface area contributed by atoms with Crippen molar-refractivity contribution >= 4 is 10.8 Å². The van der Waals surface area contributed by atoms with Crippen molar-refractivity contribution in [2.45, 2.75) is 40.5 Å². The van der Waals surface area contributed by atoms with Gasteiger partial charge in [0, 0.05) is 12.1 Å². The van der Waals surface area contributed by atoms with E-state index in [1.54, 1.807) is 0 Å². The molecule has 0 saturated heterocycles. The van der Waals surface area contributed by atoms with E-state index < -0.39 is 0 Å². The number of hydrogen-bond donors (Lipinski definition) is 0. The topological polar surface area (TPSA) is 3.88 Å². The monoisotopic (exact) mass is 378 g/mol. The summed E-state index contributed by atoms with van der Waals surface area (Å²) in [5.41, 5.74) is 14.1. The van der Waals surface area contributed by atoms with Gasteiger partial charge in [-0.25, -0.2) is 4.57 Å². The van der Waals surface area contributed by atoms with Crippen molar-refractivity contribution < 1.29 is 4.57 Å². The van der Waals surface area contributed by atoms with E-state index in [0.29, 0.717) is 0 Å². The number of pyridine rings is 1. The van der Waals surface area contributed by atoms with Crippen molar-refractivity contribution in [3.8, 4) is 22.4 Å². The predicted molar refractivity (Wildman–Crippen MR) is 122 cm³/mol. The van der Waals surface area contributed by atoms with Gasteiger partial charge >= 0.3 is 0 Å². The van der Waals surface area contributed by atoms with E-state index in [2.05, 4.69) is 94.0 Å². The first kappa shape index (κ1) is 18.1. The maximum atomic E-state index is 2.39. The van der Waals surface area contributed by atoms with E-state index in [4.69, 9.17) is 0 Å². The number of benzene rings is 3. The van der Waals surface area contributed by atoms with Crippen LogP contribution in [0.5, 0.6) is 0 Å². The first-order valence-corrected chi connectivity index (χ1v) is 10.6. The average molecular weight is 379 g/mol. The zero-order valence-corrected chi connectivity index (χ0v) is 18.1. The molecule has 29 heavy (non-hydrogen) atoms. The number of hydrogen-bond acceptors (Lipinski definition) is 0. The lowest BCUT2D eigenvalue weighted by Gasteiger charge is -2.27. The van der Waals surface area contributed by atoms with Crippen molar-refractivity contribution in [3.05, 3.63) is 88.1 Å². The van der Waals surface area contributed by atoms with Crippen LogP contribution in [0.2, 0.25) is 0 Å². The first-order valence-electron chi connectivity index (χ1n) is 10.6. The maximum absolute atomic E-state index is 2.39. The molecule has 0 unspecified atom stereocenters. The number of nitrogens with zero attached hydrogens (tertiary/aromatic N) is 1. The predicted octanol–water partition coefficient (Wildman–Crippen LogP) is 6.33. The van der Waals surface area contributed by atoms with Gasteiger partial charge in [0.05, 0.1) is 5.56 Å². The van der Waals surface area contributed by atoms with Crippen molar-refractivity contribution in [2.24, 2.45) is 7.05 Å². The number of aromatic nitrogens is 1.